The Morgan fingerprint density at radius 1 is 1.30 bits per heavy atom. The van der Waals surface area contributed by atoms with E-state index in [4.69, 9.17) is 14.2 Å². The topological polar surface area (TPSA) is 128 Å². The van der Waals surface area contributed by atoms with Gasteiger partial charge in [-0.1, -0.05) is 0 Å². The maximum absolute atomic E-state index is 12.8. The molecule has 1 aliphatic heterocycles. The summed E-state index contributed by atoms with van der Waals surface area (Å²) in [5, 5.41) is 20.7. The quantitative estimate of drug-likeness (QED) is 0.407. The van der Waals surface area contributed by atoms with Crippen LogP contribution in [0.5, 0.6) is 11.5 Å². The lowest BCUT2D eigenvalue weighted by molar-refractivity contribution is -0.385. The average Bonchev–Trinajstić information content (AvgIpc) is 2.67. The molecule has 1 fully saturated rings. The number of carboxylic acids is 1. The van der Waals surface area contributed by atoms with Gasteiger partial charge in [-0.2, -0.15) is 0 Å². The number of carboxylic acid groups (broad SMARTS) is 1. The smallest absolute Gasteiger partial charge is 0.308 e. The third kappa shape index (κ3) is 4.85. The molecule has 1 aromatic carbocycles. The van der Waals surface area contributed by atoms with Crippen LogP contribution >= 0.6 is 0 Å². The number of likely N-dealkylation sites (tertiary alicyclic amines) is 1. The van der Waals surface area contributed by atoms with Crippen molar-refractivity contribution in [3.8, 4) is 11.5 Å². The number of amides is 1. The Kier molecular flexibility index (Phi) is 6.94. The molecule has 1 unspecified atom stereocenters. The summed E-state index contributed by atoms with van der Waals surface area (Å²) in [6.07, 6.45) is 0.989. The van der Waals surface area contributed by atoms with Gasteiger partial charge in [-0.25, -0.2) is 0 Å². The molecule has 0 spiro atoms. The zero-order valence-corrected chi connectivity index (χ0v) is 15.2. The van der Waals surface area contributed by atoms with Crippen LogP contribution in [-0.2, 0) is 9.53 Å². The first kappa shape index (κ1) is 20.4. The SMILES string of the molecule is COCCOc1cc([N+](=O)[O-])c(C(=O)N2CCCC(C(=O)O)C2)cc1OC. The van der Waals surface area contributed by atoms with Crippen LogP contribution in [-0.4, -0.2) is 67.3 Å². The summed E-state index contributed by atoms with van der Waals surface area (Å²) in [5.74, 6) is -1.97. The van der Waals surface area contributed by atoms with Crippen molar-refractivity contribution in [1.29, 1.82) is 0 Å². The summed E-state index contributed by atoms with van der Waals surface area (Å²) in [5.41, 5.74) is -0.590. The van der Waals surface area contributed by atoms with E-state index in [1.807, 2.05) is 0 Å². The van der Waals surface area contributed by atoms with Gasteiger partial charge in [-0.3, -0.25) is 19.7 Å². The molecule has 10 heteroatoms. The van der Waals surface area contributed by atoms with Gasteiger partial charge in [0.05, 0.1) is 30.6 Å². The lowest BCUT2D eigenvalue weighted by Crippen LogP contribution is -2.42. The summed E-state index contributed by atoms with van der Waals surface area (Å²) in [6.45, 7) is 0.791. The fourth-order valence-electron chi connectivity index (χ4n) is 2.91. The third-order valence-corrected chi connectivity index (χ3v) is 4.31. The molecular formula is C17H22N2O8. The van der Waals surface area contributed by atoms with Crippen molar-refractivity contribution in [3.05, 3.63) is 27.8 Å². The van der Waals surface area contributed by atoms with Crippen LogP contribution in [0.3, 0.4) is 0 Å². The Hall–Kier alpha value is -2.88. The highest BCUT2D eigenvalue weighted by Crippen LogP contribution is 2.36. The normalized spacial score (nSPS) is 16.7. The number of hydrogen-bond donors (Lipinski definition) is 1. The molecule has 1 saturated heterocycles. The molecule has 2 rings (SSSR count). The van der Waals surface area contributed by atoms with Crippen molar-refractivity contribution in [1.82, 2.24) is 4.90 Å². The molecule has 1 atom stereocenters. The molecule has 0 aromatic heterocycles. The molecule has 0 bridgehead atoms. The van der Waals surface area contributed by atoms with Crippen LogP contribution in [0.1, 0.15) is 23.2 Å². The predicted octanol–water partition coefficient (Wildman–Crippen LogP) is 1.57. The number of hydrogen-bond acceptors (Lipinski definition) is 7. The molecule has 0 aliphatic carbocycles. The van der Waals surface area contributed by atoms with Gasteiger partial charge < -0.3 is 24.2 Å². The summed E-state index contributed by atoms with van der Waals surface area (Å²) in [4.78, 5) is 36.2. The van der Waals surface area contributed by atoms with E-state index in [1.54, 1.807) is 0 Å². The molecule has 0 radical (unpaired) electrons. The lowest BCUT2D eigenvalue weighted by Gasteiger charge is -2.30. The van der Waals surface area contributed by atoms with E-state index in [0.29, 0.717) is 19.4 Å². The number of nitro benzene ring substituents is 1. The molecule has 1 N–H and O–H groups in total. The standard InChI is InChI=1S/C17H22N2O8/c1-25-6-7-27-15-9-13(19(23)24)12(8-14(15)26-2)16(20)18-5-3-4-11(10-18)17(21)22/h8-9,11H,3-7,10H2,1-2H3,(H,21,22). The summed E-state index contributed by atoms with van der Waals surface area (Å²) >= 11 is 0. The molecule has 1 aromatic rings. The van der Waals surface area contributed by atoms with Crippen LogP contribution in [0.2, 0.25) is 0 Å². The minimum Gasteiger partial charge on any atom is -0.493 e. The first-order chi connectivity index (χ1) is 12.9. The predicted molar refractivity (Wildman–Crippen MR) is 93.3 cm³/mol. The maximum Gasteiger partial charge on any atom is 0.308 e. The highest BCUT2D eigenvalue weighted by molar-refractivity contribution is 5.99. The van der Waals surface area contributed by atoms with Crippen molar-refractivity contribution >= 4 is 17.6 Å². The minimum atomic E-state index is -0.985. The van der Waals surface area contributed by atoms with E-state index in [0.717, 1.165) is 6.07 Å². The van der Waals surface area contributed by atoms with Crippen molar-refractivity contribution in [2.45, 2.75) is 12.8 Å². The first-order valence-corrected chi connectivity index (χ1v) is 8.39. The summed E-state index contributed by atoms with van der Waals surface area (Å²) < 4.78 is 15.5. The Morgan fingerprint density at radius 3 is 2.63 bits per heavy atom. The summed E-state index contributed by atoms with van der Waals surface area (Å²) in [6, 6.07) is 2.40. The van der Waals surface area contributed by atoms with Gasteiger partial charge in [0.2, 0.25) is 0 Å². The first-order valence-electron chi connectivity index (χ1n) is 8.39. The highest BCUT2D eigenvalue weighted by atomic mass is 16.6. The monoisotopic (exact) mass is 382 g/mol. The fourth-order valence-corrected chi connectivity index (χ4v) is 2.91. The van der Waals surface area contributed by atoms with Crippen LogP contribution < -0.4 is 9.47 Å². The molecule has 148 valence electrons. The molecule has 1 aliphatic rings. The van der Waals surface area contributed by atoms with Gasteiger partial charge in [0, 0.05) is 26.3 Å². The number of aliphatic carboxylic acids is 1. The second kappa shape index (κ2) is 9.17. The molecular weight excluding hydrogens is 360 g/mol. The Bertz CT molecular complexity index is 721. The van der Waals surface area contributed by atoms with Gasteiger partial charge in [-0.15, -0.1) is 0 Å². The van der Waals surface area contributed by atoms with Crippen molar-refractivity contribution < 1.29 is 33.8 Å². The zero-order chi connectivity index (χ0) is 20.0. The number of carbonyl (C=O) groups is 2. The van der Waals surface area contributed by atoms with Crippen molar-refractivity contribution in [2.24, 2.45) is 5.92 Å². The van der Waals surface area contributed by atoms with Gasteiger partial charge in [0.1, 0.15) is 12.2 Å². The number of ether oxygens (including phenoxy) is 3. The van der Waals surface area contributed by atoms with Gasteiger partial charge in [0.15, 0.2) is 11.5 Å². The number of piperidine rings is 1. The van der Waals surface area contributed by atoms with Gasteiger partial charge in [0.25, 0.3) is 11.6 Å². The highest BCUT2D eigenvalue weighted by Gasteiger charge is 2.33. The average molecular weight is 382 g/mol. The Morgan fingerprint density at radius 2 is 2.04 bits per heavy atom. The third-order valence-electron chi connectivity index (χ3n) is 4.31. The molecule has 1 amide bonds. The maximum atomic E-state index is 12.8. The number of carbonyl (C=O) groups excluding carboxylic acids is 1. The van der Waals surface area contributed by atoms with E-state index < -0.39 is 28.4 Å². The van der Waals surface area contributed by atoms with Crippen LogP contribution in [0.4, 0.5) is 5.69 Å². The molecule has 0 saturated carbocycles. The van der Waals surface area contributed by atoms with E-state index in [9.17, 15) is 24.8 Å². The number of rotatable bonds is 8. The second-order valence-corrected chi connectivity index (χ2v) is 6.05. The number of nitrogens with zero attached hydrogens (tertiary/aromatic N) is 2. The lowest BCUT2D eigenvalue weighted by atomic mass is 9.97. The van der Waals surface area contributed by atoms with Gasteiger partial charge in [-0.05, 0) is 12.8 Å². The Labute approximate surface area is 155 Å². The van der Waals surface area contributed by atoms with Crippen molar-refractivity contribution in [2.75, 3.05) is 40.5 Å². The minimum absolute atomic E-state index is 0.0136. The summed E-state index contributed by atoms with van der Waals surface area (Å²) in [7, 11) is 2.85. The molecule has 27 heavy (non-hydrogen) atoms. The van der Waals surface area contributed by atoms with E-state index in [-0.39, 0.29) is 36.8 Å². The zero-order valence-electron chi connectivity index (χ0n) is 15.2. The number of benzene rings is 1. The van der Waals surface area contributed by atoms with Gasteiger partial charge >= 0.3 is 5.97 Å². The van der Waals surface area contributed by atoms with E-state index in [2.05, 4.69) is 0 Å². The number of nitro groups is 1. The van der Waals surface area contributed by atoms with Crippen LogP contribution in [0.25, 0.3) is 0 Å². The molecule has 10 nitrogen and oxygen atoms in total. The van der Waals surface area contributed by atoms with Crippen LogP contribution in [0, 0.1) is 16.0 Å². The molecule has 1 heterocycles. The Balaban J connectivity index is 2.35. The van der Waals surface area contributed by atoms with Crippen molar-refractivity contribution in [3.63, 3.8) is 0 Å². The fraction of sp³-hybridized carbons (Fsp3) is 0.529. The second-order valence-electron chi connectivity index (χ2n) is 6.05. The van der Waals surface area contributed by atoms with E-state index in [1.165, 1.54) is 25.2 Å². The number of methoxy groups -OCH3 is 2. The van der Waals surface area contributed by atoms with E-state index >= 15 is 0 Å². The largest absolute Gasteiger partial charge is 0.493 e. The van der Waals surface area contributed by atoms with Crippen LogP contribution in [0.15, 0.2) is 12.1 Å².